The molecular formula is C38H51N5O12. The number of phenols is 1. The van der Waals surface area contributed by atoms with E-state index >= 15 is 0 Å². The number of benzene rings is 1. The number of esters is 1. The second kappa shape index (κ2) is 16.3. The Morgan fingerprint density at radius 3 is 2.31 bits per heavy atom. The van der Waals surface area contributed by atoms with Gasteiger partial charge in [-0.15, -0.1) is 0 Å². The Kier molecular flexibility index (Phi) is 12.1. The smallest absolute Gasteiger partial charge is 0.413 e. The van der Waals surface area contributed by atoms with Crippen LogP contribution < -0.4 is 16.0 Å². The van der Waals surface area contributed by atoms with Gasteiger partial charge in [0.1, 0.15) is 29.4 Å². The molecule has 2 fully saturated rings. The molecule has 5 rings (SSSR count). The predicted molar refractivity (Wildman–Crippen MR) is 198 cm³/mol. The van der Waals surface area contributed by atoms with Crippen molar-refractivity contribution in [3.63, 3.8) is 0 Å². The number of primary amides is 1. The Morgan fingerprint density at radius 1 is 1.04 bits per heavy atom. The topological polar surface area (TPSA) is 250 Å². The number of aliphatic hydroxyl groups is 3. The predicted octanol–water partition coefficient (Wildman–Crippen LogP) is 2.29. The number of phenolic OH excluding ortho intramolecular Hbond substituents is 1. The molecule has 1 aromatic carbocycles. The van der Waals surface area contributed by atoms with Crippen LogP contribution in [0.1, 0.15) is 69.4 Å². The molecule has 4 atom stereocenters. The molecule has 1 aromatic rings. The second-order valence-electron chi connectivity index (χ2n) is 15.2. The lowest BCUT2D eigenvalue weighted by molar-refractivity contribution is -0.154. The average Bonchev–Trinajstić information content (AvgIpc) is 3.61. The first-order chi connectivity index (χ1) is 25.9. The highest BCUT2D eigenvalue weighted by Crippen LogP contribution is 2.54. The standard InChI is InChI=1S/C38H51N5O12/c1-6-7-12-43(37(52)55-18-54-26(45)13-19-10-8-9-11-19)17-25(44)40-23-16-24(41(2)3)21-14-20-15-22-30(42(4)5)33(48)29(36(39)51)35(50)38(22,53)34(49)27(20)32(47)28(21)31(23)46/h16,19-20,22,30,46-47,50,53H,6-15,17-18H2,1-5H3,(H2,39,51)(H,40,44)/t20-,22-,30-,38-/m0/s1. The lowest BCUT2D eigenvalue weighted by Gasteiger charge is -2.50. The van der Waals surface area contributed by atoms with E-state index in [-0.39, 0.29) is 48.5 Å². The number of amides is 3. The van der Waals surface area contributed by atoms with Crippen LogP contribution in [0, 0.1) is 17.8 Å². The van der Waals surface area contributed by atoms with E-state index in [9.17, 15) is 49.2 Å². The van der Waals surface area contributed by atoms with Gasteiger partial charge in [0.25, 0.3) is 5.91 Å². The van der Waals surface area contributed by atoms with Gasteiger partial charge >= 0.3 is 12.1 Å². The van der Waals surface area contributed by atoms with Crippen molar-refractivity contribution in [2.75, 3.05) is 58.3 Å². The zero-order chi connectivity index (χ0) is 40.5. The normalized spacial score (nSPS) is 23.6. The summed E-state index contributed by atoms with van der Waals surface area (Å²) in [6.07, 6.45) is 4.57. The number of hydrogen-bond donors (Lipinski definition) is 6. The lowest BCUT2D eigenvalue weighted by Crippen LogP contribution is -2.65. The number of hydrogen-bond acceptors (Lipinski definition) is 14. The van der Waals surface area contributed by atoms with Crippen molar-refractivity contribution in [3.05, 3.63) is 34.1 Å². The summed E-state index contributed by atoms with van der Waals surface area (Å²) in [6, 6.07) is 0.257. The summed E-state index contributed by atoms with van der Waals surface area (Å²) in [4.78, 5) is 82.7. The molecular weight excluding hydrogens is 718 g/mol. The Balaban J connectivity index is 1.42. The van der Waals surface area contributed by atoms with Gasteiger partial charge in [0.2, 0.25) is 18.5 Å². The fourth-order valence-corrected chi connectivity index (χ4v) is 8.48. The van der Waals surface area contributed by atoms with Gasteiger partial charge in [-0.3, -0.25) is 33.8 Å². The van der Waals surface area contributed by atoms with Gasteiger partial charge in [-0.1, -0.05) is 26.2 Å². The van der Waals surface area contributed by atoms with Crippen LogP contribution in [0.2, 0.25) is 0 Å². The Bertz CT molecular complexity index is 1830. The molecule has 0 saturated heterocycles. The molecule has 0 aromatic heterocycles. The maximum absolute atomic E-state index is 14.3. The zero-order valence-electron chi connectivity index (χ0n) is 31.8. The van der Waals surface area contributed by atoms with Crippen molar-refractivity contribution in [1.29, 1.82) is 0 Å². The molecule has 4 aliphatic carbocycles. The van der Waals surface area contributed by atoms with Crippen LogP contribution in [0.4, 0.5) is 16.2 Å². The minimum atomic E-state index is -2.80. The molecule has 17 nitrogen and oxygen atoms in total. The van der Waals surface area contributed by atoms with Gasteiger partial charge in [-0.2, -0.15) is 0 Å². The number of ketones is 2. The minimum Gasteiger partial charge on any atom is -0.508 e. The minimum absolute atomic E-state index is 0.0473. The Labute approximate surface area is 318 Å². The number of aliphatic hydroxyl groups excluding tert-OH is 2. The van der Waals surface area contributed by atoms with E-state index in [1.807, 2.05) is 6.92 Å². The molecule has 0 bridgehead atoms. The summed E-state index contributed by atoms with van der Waals surface area (Å²) in [5.41, 5.74) is 1.83. The number of likely N-dealkylation sites (N-methyl/N-ethyl adjacent to an activating group) is 1. The third-order valence-electron chi connectivity index (χ3n) is 11.2. The Hall–Kier alpha value is -5.16. The van der Waals surface area contributed by atoms with Crippen molar-refractivity contribution in [1.82, 2.24) is 9.80 Å². The van der Waals surface area contributed by atoms with Crippen LogP contribution in [0.5, 0.6) is 5.75 Å². The first-order valence-corrected chi connectivity index (χ1v) is 18.5. The third-order valence-corrected chi connectivity index (χ3v) is 11.2. The maximum atomic E-state index is 14.3. The summed E-state index contributed by atoms with van der Waals surface area (Å²) in [6.45, 7) is 0.910. The maximum Gasteiger partial charge on any atom is 0.413 e. The molecule has 55 heavy (non-hydrogen) atoms. The van der Waals surface area contributed by atoms with E-state index in [1.165, 1.54) is 25.1 Å². The Morgan fingerprint density at radius 2 is 1.71 bits per heavy atom. The van der Waals surface area contributed by atoms with E-state index in [1.54, 1.807) is 19.0 Å². The fourth-order valence-electron chi connectivity index (χ4n) is 8.48. The third kappa shape index (κ3) is 7.72. The summed E-state index contributed by atoms with van der Waals surface area (Å²) in [7, 11) is 6.43. The molecule has 7 N–H and O–H groups in total. The second-order valence-corrected chi connectivity index (χ2v) is 15.2. The van der Waals surface area contributed by atoms with Crippen molar-refractivity contribution in [2.24, 2.45) is 23.5 Å². The molecule has 4 aliphatic rings. The summed E-state index contributed by atoms with van der Waals surface area (Å²) < 4.78 is 10.3. The molecule has 0 aliphatic heterocycles. The molecule has 3 amide bonds. The molecule has 17 heteroatoms. The number of rotatable bonds is 13. The number of unbranched alkanes of at least 4 members (excludes halogenated alkanes) is 1. The van der Waals surface area contributed by atoms with Crippen molar-refractivity contribution in [3.8, 4) is 5.75 Å². The average molecular weight is 770 g/mol. The highest BCUT2D eigenvalue weighted by Gasteiger charge is 2.64. The monoisotopic (exact) mass is 769 g/mol. The zero-order valence-corrected chi connectivity index (χ0v) is 31.8. The molecule has 300 valence electrons. The molecule has 0 spiro atoms. The largest absolute Gasteiger partial charge is 0.508 e. The van der Waals surface area contributed by atoms with Gasteiger partial charge in [0.05, 0.1) is 17.3 Å². The molecule has 0 heterocycles. The number of carbonyl (C=O) groups excluding carboxylic acids is 6. The summed E-state index contributed by atoms with van der Waals surface area (Å²) >= 11 is 0. The number of fused-ring (bicyclic) bond motifs is 3. The van der Waals surface area contributed by atoms with Crippen molar-refractivity contribution < 1.29 is 58.7 Å². The van der Waals surface area contributed by atoms with E-state index in [0.29, 0.717) is 24.1 Å². The van der Waals surface area contributed by atoms with Gasteiger partial charge in [-0.05, 0) is 69.7 Å². The van der Waals surface area contributed by atoms with Crippen molar-refractivity contribution >= 4 is 52.6 Å². The number of anilines is 2. The highest BCUT2D eigenvalue weighted by molar-refractivity contribution is 6.24. The summed E-state index contributed by atoms with van der Waals surface area (Å²) in [5, 5.41) is 49.0. The quantitative estimate of drug-likeness (QED) is 0.0730. The van der Waals surface area contributed by atoms with E-state index in [2.05, 4.69) is 5.32 Å². The van der Waals surface area contributed by atoms with Gasteiger partial charge in [-0.25, -0.2) is 4.79 Å². The van der Waals surface area contributed by atoms with Crippen LogP contribution in [0.3, 0.4) is 0 Å². The number of ether oxygens (including phenoxy) is 2. The van der Waals surface area contributed by atoms with Crippen LogP contribution in [-0.4, -0.2) is 125 Å². The first kappa shape index (κ1) is 41.0. The molecule has 0 radical (unpaired) electrons. The number of aromatic hydroxyl groups is 1. The van der Waals surface area contributed by atoms with Crippen LogP contribution in [0.25, 0.3) is 5.76 Å². The number of nitrogens with one attached hydrogen (secondary N) is 1. The van der Waals surface area contributed by atoms with E-state index < -0.39 is 95.1 Å². The van der Waals surface area contributed by atoms with E-state index in [4.69, 9.17) is 15.2 Å². The molecule has 0 unspecified atom stereocenters. The summed E-state index contributed by atoms with van der Waals surface area (Å²) in [5.74, 6) is -8.86. The van der Waals surface area contributed by atoms with Crippen LogP contribution in [-0.2, 0) is 39.9 Å². The molecule has 2 saturated carbocycles. The highest BCUT2D eigenvalue weighted by atomic mass is 16.7. The fraction of sp³-hybridized carbons (Fsp3) is 0.579. The van der Waals surface area contributed by atoms with E-state index in [0.717, 1.165) is 30.6 Å². The number of carbonyl (C=O) groups is 6. The number of nitrogens with zero attached hydrogens (tertiary/aromatic N) is 3. The number of Topliss-reactive ketones (excluding diaryl/α,β-unsaturated/α-hetero) is 2. The van der Waals surface area contributed by atoms with Crippen LogP contribution in [0.15, 0.2) is 23.0 Å². The van der Waals surface area contributed by atoms with Gasteiger partial charge in [0, 0.05) is 44.2 Å². The SMILES string of the molecule is CCCCN(CC(=O)Nc1cc(N(C)C)c2c(c1O)C(O)=C1C(=O)[C@]3(O)C(O)=C(C(N)=O)C(=O)[C@@H](N(C)C)[C@@H]3C[C@@H]1C2)C(=O)OCOC(=O)CC1CCCC1. The lowest BCUT2D eigenvalue weighted by atomic mass is 9.57. The number of nitrogens with two attached hydrogens (primary N) is 1. The van der Waals surface area contributed by atoms with Gasteiger partial charge < -0.3 is 45.9 Å². The van der Waals surface area contributed by atoms with Crippen molar-refractivity contribution in [2.45, 2.75) is 76.4 Å². The first-order valence-electron chi connectivity index (χ1n) is 18.5. The van der Waals surface area contributed by atoms with Gasteiger partial charge in [0.15, 0.2) is 11.4 Å². The van der Waals surface area contributed by atoms with Crippen LogP contribution >= 0.6 is 0 Å².